The van der Waals surface area contributed by atoms with Gasteiger partial charge in [0.15, 0.2) is 5.65 Å². The van der Waals surface area contributed by atoms with Crippen LogP contribution in [-0.4, -0.2) is 26.7 Å². The Morgan fingerprint density at radius 1 is 1.50 bits per heavy atom. The third-order valence-electron chi connectivity index (χ3n) is 4.01. The van der Waals surface area contributed by atoms with Gasteiger partial charge in [-0.25, -0.2) is 9.97 Å². The molecule has 0 bridgehead atoms. The van der Waals surface area contributed by atoms with Crippen molar-refractivity contribution < 1.29 is 4.74 Å². The summed E-state index contributed by atoms with van der Waals surface area (Å²) in [5, 5.41) is 0. The van der Waals surface area contributed by atoms with Crippen LogP contribution < -0.4 is 0 Å². The van der Waals surface area contributed by atoms with Gasteiger partial charge in [-0.1, -0.05) is 0 Å². The average Bonchev–Trinajstić information content (AvgIpc) is 2.77. The molecule has 0 N–H and O–H groups in total. The molecule has 108 valence electrons. The maximum Gasteiger partial charge on any atom is 0.160 e. The van der Waals surface area contributed by atoms with E-state index >= 15 is 0 Å². The Balaban J connectivity index is 2.12. The summed E-state index contributed by atoms with van der Waals surface area (Å²) in [5.41, 5.74) is 2.95. The summed E-state index contributed by atoms with van der Waals surface area (Å²) >= 11 is 6.10. The molecule has 1 fully saturated rings. The van der Waals surface area contributed by atoms with Crippen molar-refractivity contribution in [2.45, 2.75) is 51.1 Å². The smallest absolute Gasteiger partial charge is 0.160 e. The van der Waals surface area contributed by atoms with E-state index in [1.165, 1.54) is 0 Å². The van der Waals surface area contributed by atoms with Crippen LogP contribution in [0.15, 0.2) is 12.3 Å². The van der Waals surface area contributed by atoms with Crippen molar-refractivity contribution >= 4 is 22.8 Å². The number of aryl methyl sites for hydroxylation is 1. The molecule has 1 unspecified atom stereocenters. The topological polar surface area (TPSA) is 39.9 Å². The fourth-order valence-corrected chi connectivity index (χ4v) is 3.24. The van der Waals surface area contributed by atoms with Gasteiger partial charge in [0.25, 0.3) is 0 Å². The number of fused-ring (bicyclic) bond motifs is 1. The van der Waals surface area contributed by atoms with Gasteiger partial charge in [-0.15, -0.1) is 11.6 Å². The van der Waals surface area contributed by atoms with Crippen molar-refractivity contribution in [1.29, 1.82) is 0 Å². The Morgan fingerprint density at radius 3 is 3.00 bits per heavy atom. The third-order valence-corrected chi connectivity index (χ3v) is 4.25. The van der Waals surface area contributed by atoms with Gasteiger partial charge in [0, 0.05) is 18.8 Å². The second-order valence-electron chi connectivity index (χ2n) is 6.09. The van der Waals surface area contributed by atoms with Crippen molar-refractivity contribution in [3.63, 3.8) is 0 Å². The summed E-state index contributed by atoms with van der Waals surface area (Å²) in [5.74, 6) is 1.32. The summed E-state index contributed by atoms with van der Waals surface area (Å²) in [6.07, 6.45) is 3.78. The van der Waals surface area contributed by atoms with Crippen LogP contribution >= 0.6 is 11.6 Å². The van der Waals surface area contributed by atoms with E-state index < -0.39 is 0 Å². The third kappa shape index (κ3) is 2.31. The van der Waals surface area contributed by atoms with Crippen molar-refractivity contribution in [3.05, 3.63) is 23.7 Å². The van der Waals surface area contributed by atoms with Crippen LogP contribution in [0.1, 0.15) is 44.1 Å². The Kier molecular flexibility index (Phi) is 3.46. The first-order valence-corrected chi connectivity index (χ1v) is 7.57. The highest BCUT2D eigenvalue weighted by Crippen LogP contribution is 2.35. The molecular formula is C15H20ClN3O. The summed E-state index contributed by atoms with van der Waals surface area (Å²) < 4.78 is 8.04. The molecule has 5 heteroatoms. The second-order valence-corrected chi connectivity index (χ2v) is 6.35. The lowest BCUT2D eigenvalue weighted by Gasteiger charge is -2.36. The monoisotopic (exact) mass is 293 g/mol. The molecule has 0 radical (unpaired) electrons. The minimum absolute atomic E-state index is 0.104. The zero-order valence-corrected chi connectivity index (χ0v) is 12.9. The predicted octanol–water partition coefficient (Wildman–Crippen LogP) is 3.61. The summed E-state index contributed by atoms with van der Waals surface area (Å²) in [6.45, 7) is 7.10. The average molecular weight is 294 g/mol. The van der Waals surface area contributed by atoms with Crippen molar-refractivity contribution in [2.24, 2.45) is 0 Å². The first kappa shape index (κ1) is 13.8. The Labute approximate surface area is 124 Å². The largest absolute Gasteiger partial charge is 0.375 e. The summed E-state index contributed by atoms with van der Waals surface area (Å²) in [7, 11) is 0. The minimum atomic E-state index is -0.104. The molecule has 3 rings (SSSR count). The van der Waals surface area contributed by atoms with Gasteiger partial charge in [-0.3, -0.25) is 0 Å². The molecule has 0 amide bonds. The van der Waals surface area contributed by atoms with Crippen LogP contribution in [0.3, 0.4) is 0 Å². The minimum Gasteiger partial charge on any atom is -0.375 e. The molecule has 2 aromatic rings. The van der Waals surface area contributed by atoms with E-state index in [9.17, 15) is 0 Å². The maximum atomic E-state index is 6.10. The molecule has 4 nitrogen and oxygen atoms in total. The SMILES string of the molecule is Cc1ccnc2c1nc(CCl)n2C1CCOC(C)(C)C1. The van der Waals surface area contributed by atoms with Crippen LogP contribution in [0.25, 0.3) is 11.2 Å². The number of pyridine rings is 1. The van der Waals surface area contributed by atoms with E-state index in [0.717, 1.165) is 42.0 Å². The van der Waals surface area contributed by atoms with Gasteiger partial charge in [-0.2, -0.15) is 0 Å². The fraction of sp³-hybridized carbons (Fsp3) is 0.600. The maximum absolute atomic E-state index is 6.10. The number of nitrogens with zero attached hydrogens (tertiary/aromatic N) is 3. The Bertz CT molecular complexity index is 635. The van der Waals surface area contributed by atoms with E-state index in [-0.39, 0.29) is 5.60 Å². The highest BCUT2D eigenvalue weighted by Gasteiger charge is 2.32. The Morgan fingerprint density at radius 2 is 2.30 bits per heavy atom. The van der Waals surface area contributed by atoms with Crippen LogP contribution in [0, 0.1) is 6.92 Å². The predicted molar refractivity (Wildman–Crippen MR) is 80.1 cm³/mol. The molecule has 1 saturated heterocycles. The molecule has 0 saturated carbocycles. The van der Waals surface area contributed by atoms with E-state index in [2.05, 4.69) is 35.3 Å². The summed E-state index contributed by atoms with van der Waals surface area (Å²) in [6, 6.07) is 2.35. The lowest BCUT2D eigenvalue weighted by atomic mass is 9.93. The zero-order valence-electron chi connectivity index (χ0n) is 12.2. The number of hydrogen-bond donors (Lipinski definition) is 0. The van der Waals surface area contributed by atoms with E-state index in [4.69, 9.17) is 16.3 Å². The number of imidazole rings is 1. The molecule has 1 aliphatic rings. The molecule has 20 heavy (non-hydrogen) atoms. The van der Waals surface area contributed by atoms with Crippen LogP contribution in [0.2, 0.25) is 0 Å². The number of rotatable bonds is 2. The second kappa shape index (κ2) is 5.01. The molecule has 0 aliphatic carbocycles. The molecule has 1 aliphatic heterocycles. The first-order valence-electron chi connectivity index (χ1n) is 7.04. The van der Waals surface area contributed by atoms with Gasteiger partial charge >= 0.3 is 0 Å². The molecule has 0 aromatic carbocycles. The van der Waals surface area contributed by atoms with Crippen LogP contribution in [0.4, 0.5) is 0 Å². The van der Waals surface area contributed by atoms with Gasteiger partial charge in [0.05, 0.1) is 11.5 Å². The fourth-order valence-electron chi connectivity index (χ4n) is 3.05. The highest BCUT2D eigenvalue weighted by atomic mass is 35.5. The number of ether oxygens (including phenoxy) is 1. The molecule has 2 aromatic heterocycles. The van der Waals surface area contributed by atoms with Crippen LogP contribution in [-0.2, 0) is 10.6 Å². The van der Waals surface area contributed by atoms with Gasteiger partial charge in [-0.05, 0) is 45.2 Å². The highest BCUT2D eigenvalue weighted by molar-refractivity contribution is 6.16. The number of alkyl halides is 1. The zero-order chi connectivity index (χ0) is 14.3. The van der Waals surface area contributed by atoms with Crippen molar-refractivity contribution in [1.82, 2.24) is 14.5 Å². The molecule has 1 atom stereocenters. The number of aromatic nitrogens is 3. The van der Waals surface area contributed by atoms with Crippen molar-refractivity contribution in [3.8, 4) is 0 Å². The van der Waals surface area contributed by atoms with E-state index in [0.29, 0.717) is 11.9 Å². The van der Waals surface area contributed by atoms with Gasteiger partial charge in [0.2, 0.25) is 0 Å². The van der Waals surface area contributed by atoms with E-state index in [1.54, 1.807) is 0 Å². The van der Waals surface area contributed by atoms with Gasteiger partial charge < -0.3 is 9.30 Å². The summed E-state index contributed by atoms with van der Waals surface area (Å²) in [4.78, 5) is 9.22. The molecular weight excluding hydrogens is 274 g/mol. The Hall–Kier alpha value is -1.13. The standard InChI is InChI=1S/C15H20ClN3O/c1-10-4-6-17-14-13(10)18-12(9-16)19(14)11-5-7-20-15(2,3)8-11/h4,6,11H,5,7-9H2,1-3H3. The lowest BCUT2D eigenvalue weighted by molar-refractivity contribution is -0.0688. The van der Waals surface area contributed by atoms with Crippen LogP contribution in [0.5, 0.6) is 0 Å². The van der Waals surface area contributed by atoms with E-state index in [1.807, 2.05) is 12.3 Å². The van der Waals surface area contributed by atoms with Gasteiger partial charge in [0.1, 0.15) is 11.3 Å². The number of hydrogen-bond acceptors (Lipinski definition) is 3. The molecule has 3 heterocycles. The lowest BCUT2D eigenvalue weighted by Crippen LogP contribution is -2.35. The molecule has 0 spiro atoms. The number of halogens is 1. The first-order chi connectivity index (χ1) is 9.52. The van der Waals surface area contributed by atoms with Crippen molar-refractivity contribution in [2.75, 3.05) is 6.61 Å². The normalized spacial score (nSPS) is 22.3. The quantitative estimate of drug-likeness (QED) is 0.794.